The van der Waals surface area contributed by atoms with Gasteiger partial charge in [-0.3, -0.25) is 14.4 Å². The lowest BCUT2D eigenvalue weighted by molar-refractivity contribution is -0.155. The third-order valence-corrected chi connectivity index (χ3v) is 2.79. The van der Waals surface area contributed by atoms with Crippen molar-refractivity contribution in [3.8, 4) is 0 Å². The molecule has 0 aliphatic carbocycles. The van der Waals surface area contributed by atoms with E-state index in [1.165, 1.54) is 0 Å². The number of carbonyl (C=O) groups is 2. The minimum atomic E-state index is -0.914. The molecule has 128 valence electrons. The van der Waals surface area contributed by atoms with Crippen LogP contribution in [-0.4, -0.2) is 28.7 Å². The first kappa shape index (κ1) is 19.1. The normalized spacial score (nSPS) is 12.5. The fraction of sp³-hybridized carbons (Fsp3) is 0.529. The fourth-order valence-corrected chi connectivity index (χ4v) is 1.81. The molecule has 0 unspecified atom stereocenters. The molecule has 1 amide bonds. The molecule has 0 aliphatic heterocycles. The molecule has 1 atom stereocenters. The molecule has 23 heavy (non-hydrogen) atoms. The van der Waals surface area contributed by atoms with E-state index < -0.39 is 23.6 Å². The monoisotopic (exact) mass is 323 g/mol. The Morgan fingerprint density at radius 1 is 1.22 bits per heavy atom. The summed E-state index contributed by atoms with van der Waals surface area (Å²) in [4.78, 5) is 28.2. The SMILES string of the molecule is CC(C)(C)OC(=O)CC[C@H](O)CC(=O)NOCc1ccccc1. The highest BCUT2D eigenvalue weighted by atomic mass is 16.6. The first-order valence-corrected chi connectivity index (χ1v) is 7.61. The smallest absolute Gasteiger partial charge is 0.306 e. The Labute approximate surface area is 136 Å². The van der Waals surface area contributed by atoms with Crippen LogP contribution in [0.3, 0.4) is 0 Å². The van der Waals surface area contributed by atoms with Gasteiger partial charge in [0.2, 0.25) is 5.91 Å². The van der Waals surface area contributed by atoms with Gasteiger partial charge >= 0.3 is 5.97 Å². The molecule has 0 aromatic heterocycles. The molecule has 0 saturated carbocycles. The molecular weight excluding hydrogens is 298 g/mol. The maximum absolute atomic E-state index is 11.6. The summed E-state index contributed by atoms with van der Waals surface area (Å²) in [5.41, 5.74) is 2.65. The molecule has 0 radical (unpaired) electrons. The van der Waals surface area contributed by atoms with Crippen molar-refractivity contribution in [2.75, 3.05) is 0 Å². The van der Waals surface area contributed by atoms with Gasteiger partial charge in [0.25, 0.3) is 0 Å². The summed E-state index contributed by atoms with van der Waals surface area (Å²) < 4.78 is 5.13. The Morgan fingerprint density at radius 2 is 1.87 bits per heavy atom. The summed E-state index contributed by atoms with van der Waals surface area (Å²) in [7, 11) is 0. The number of carbonyl (C=O) groups excluding carboxylic acids is 2. The molecule has 0 saturated heterocycles. The zero-order valence-electron chi connectivity index (χ0n) is 13.9. The average molecular weight is 323 g/mol. The van der Waals surface area contributed by atoms with E-state index in [-0.39, 0.29) is 25.9 Å². The summed E-state index contributed by atoms with van der Waals surface area (Å²) in [6.07, 6.45) is -0.808. The van der Waals surface area contributed by atoms with Crippen LogP contribution >= 0.6 is 0 Å². The van der Waals surface area contributed by atoms with Gasteiger partial charge in [0.05, 0.1) is 19.1 Å². The molecular formula is C17H25NO5. The third-order valence-electron chi connectivity index (χ3n) is 2.79. The van der Waals surface area contributed by atoms with Crippen LogP contribution in [0.2, 0.25) is 0 Å². The Bertz CT molecular complexity index is 495. The van der Waals surface area contributed by atoms with E-state index in [2.05, 4.69) is 5.48 Å². The Morgan fingerprint density at radius 3 is 2.48 bits per heavy atom. The Kier molecular flexibility index (Phi) is 7.71. The van der Waals surface area contributed by atoms with Gasteiger partial charge in [0.1, 0.15) is 5.60 Å². The van der Waals surface area contributed by atoms with E-state index in [1.54, 1.807) is 20.8 Å². The van der Waals surface area contributed by atoms with Gasteiger partial charge in [0, 0.05) is 6.42 Å². The number of amides is 1. The molecule has 1 aromatic rings. The molecule has 6 nitrogen and oxygen atoms in total. The van der Waals surface area contributed by atoms with E-state index >= 15 is 0 Å². The molecule has 0 aliphatic rings. The van der Waals surface area contributed by atoms with Crippen molar-refractivity contribution in [2.24, 2.45) is 0 Å². The van der Waals surface area contributed by atoms with E-state index in [0.29, 0.717) is 0 Å². The molecule has 0 heterocycles. The van der Waals surface area contributed by atoms with E-state index in [9.17, 15) is 14.7 Å². The molecule has 0 fully saturated rings. The van der Waals surface area contributed by atoms with Gasteiger partial charge in [-0.1, -0.05) is 30.3 Å². The number of esters is 1. The van der Waals surface area contributed by atoms with Crippen LogP contribution in [0.25, 0.3) is 0 Å². The van der Waals surface area contributed by atoms with Crippen LogP contribution in [0.15, 0.2) is 30.3 Å². The number of nitrogens with one attached hydrogen (secondary N) is 1. The fourth-order valence-electron chi connectivity index (χ4n) is 1.81. The zero-order chi connectivity index (χ0) is 17.3. The summed E-state index contributed by atoms with van der Waals surface area (Å²) in [6, 6.07) is 9.40. The second kappa shape index (κ2) is 9.27. The predicted molar refractivity (Wildman–Crippen MR) is 85.1 cm³/mol. The molecule has 6 heteroatoms. The van der Waals surface area contributed by atoms with Gasteiger partial charge in [-0.2, -0.15) is 0 Å². The average Bonchev–Trinajstić information content (AvgIpc) is 2.44. The second-order valence-electron chi connectivity index (χ2n) is 6.28. The van der Waals surface area contributed by atoms with Crippen LogP contribution in [0.5, 0.6) is 0 Å². The molecule has 1 rings (SSSR count). The number of rotatable bonds is 8. The van der Waals surface area contributed by atoms with Crippen molar-refractivity contribution in [3.05, 3.63) is 35.9 Å². The highest BCUT2D eigenvalue weighted by Gasteiger charge is 2.18. The largest absolute Gasteiger partial charge is 0.460 e. The van der Waals surface area contributed by atoms with Gasteiger partial charge in [0.15, 0.2) is 0 Å². The Hall–Kier alpha value is -1.92. The van der Waals surface area contributed by atoms with Crippen molar-refractivity contribution in [1.29, 1.82) is 0 Å². The number of aliphatic hydroxyl groups is 1. The summed E-state index contributed by atoms with van der Waals surface area (Å²) in [5, 5.41) is 9.76. The number of aliphatic hydroxyl groups excluding tert-OH is 1. The molecule has 2 N–H and O–H groups in total. The lowest BCUT2D eigenvalue weighted by Gasteiger charge is -2.20. The zero-order valence-corrected chi connectivity index (χ0v) is 13.9. The van der Waals surface area contributed by atoms with Crippen molar-refractivity contribution < 1.29 is 24.3 Å². The predicted octanol–water partition coefficient (Wildman–Crippen LogP) is 2.11. The number of hydroxylamine groups is 1. The topological polar surface area (TPSA) is 84.9 Å². The van der Waals surface area contributed by atoms with Crippen molar-refractivity contribution in [1.82, 2.24) is 5.48 Å². The minimum absolute atomic E-state index is 0.0661. The molecule has 1 aromatic carbocycles. The maximum Gasteiger partial charge on any atom is 0.306 e. The minimum Gasteiger partial charge on any atom is -0.460 e. The first-order chi connectivity index (χ1) is 10.8. The van der Waals surface area contributed by atoms with Crippen LogP contribution in [-0.2, 0) is 25.8 Å². The highest BCUT2D eigenvalue weighted by molar-refractivity contribution is 5.75. The number of ether oxygens (including phenoxy) is 1. The number of hydrogen-bond donors (Lipinski definition) is 2. The third kappa shape index (κ3) is 9.65. The number of benzene rings is 1. The quantitative estimate of drug-likeness (QED) is 0.565. The van der Waals surface area contributed by atoms with Crippen LogP contribution in [0.1, 0.15) is 45.6 Å². The van der Waals surface area contributed by atoms with E-state index in [4.69, 9.17) is 9.57 Å². The maximum atomic E-state index is 11.6. The van der Waals surface area contributed by atoms with Crippen molar-refractivity contribution in [2.45, 2.75) is 58.3 Å². The van der Waals surface area contributed by atoms with Crippen LogP contribution in [0, 0.1) is 0 Å². The molecule has 0 bridgehead atoms. The van der Waals surface area contributed by atoms with E-state index in [1.807, 2.05) is 30.3 Å². The van der Waals surface area contributed by atoms with Crippen LogP contribution in [0.4, 0.5) is 0 Å². The molecule has 0 spiro atoms. The second-order valence-corrected chi connectivity index (χ2v) is 6.28. The number of hydrogen-bond acceptors (Lipinski definition) is 5. The van der Waals surface area contributed by atoms with Gasteiger partial charge in [-0.25, -0.2) is 5.48 Å². The summed E-state index contributed by atoms with van der Waals surface area (Å²) in [6.45, 7) is 5.58. The van der Waals surface area contributed by atoms with Gasteiger partial charge in [-0.15, -0.1) is 0 Å². The van der Waals surface area contributed by atoms with Gasteiger partial charge in [-0.05, 0) is 32.8 Å². The highest BCUT2D eigenvalue weighted by Crippen LogP contribution is 2.11. The van der Waals surface area contributed by atoms with Crippen LogP contribution < -0.4 is 5.48 Å². The van der Waals surface area contributed by atoms with E-state index in [0.717, 1.165) is 5.56 Å². The summed E-state index contributed by atoms with van der Waals surface area (Å²) >= 11 is 0. The lowest BCUT2D eigenvalue weighted by atomic mass is 10.1. The Balaban J connectivity index is 2.17. The lowest BCUT2D eigenvalue weighted by Crippen LogP contribution is -2.28. The van der Waals surface area contributed by atoms with Gasteiger partial charge < -0.3 is 9.84 Å². The van der Waals surface area contributed by atoms with Crippen molar-refractivity contribution >= 4 is 11.9 Å². The summed E-state index contributed by atoms with van der Waals surface area (Å²) in [5.74, 6) is -0.824. The standard InChI is InChI=1S/C17H25NO5/c1-17(2,3)23-16(21)10-9-14(19)11-15(20)18-22-12-13-7-5-4-6-8-13/h4-8,14,19H,9-12H2,1-3H3,(H,18,20)/t14-/m0/s1. The first-order valence-electron chi connectivity index (χ1n) is 7.61. The van der Waals surface area contributed by atoms with Crippen molar-refractivity contribution in [3.63, 3.8) is 0 Å².